The molecule has 2 rings (SSSR count). The second kappa shape index (κ2) is 9.68. The lowest BCUT2D eigenvalue weighted by molar-refractivity contribution is 0.481. The number of nitrogens with zero attached hydrogens (tertiary/aromatic N) is 7. The van der Waals surface area contributed by atoms with Gasteiger partial charge >= 0.3 is 0 Å². The van der Waals surface area contributed by atoms with Crippen molar-refractivity contribution in [3.05, 3.63) is 69.4 Å². The van der Waals surface area contributed by atoms with Gasteiger partial charge in [-0.15, -0.1) is 0 Å². The number of benzene rings is 2. The normalized spacial score (nSPS) is 10.1. The van der Waals surface area contributed by atoms with Crippen molar-refractivity contribution >= 4 is 20.0 Å². The molecule has 0 bridgehead atoms. The van der Waals surface area contributed by atoms with Crippen LogP contribution in [-0.4, -0.2) is 16.8 Å². The van der Waals surface area contributed by atoms with Gasteiger partial charge in [-0.25, -0.2) is 16.8 Å². The predicted molar refractivity (Wildman–Crippen MR) is 93.2 cm³/mol. The van der Waals surface area contributed by atoms with Gasteiger partial charge in [-0.3, -0.25) is 0 Å². The minimum absolute atomic E-state index is 0.201. The largest absolute Gasteiger partial charge is 0.457 e. The molecule has 0 aliphatic rings. The summed E-state index contributed by atoms with van der Waals surface area (Å²) in [5, 5.41) is 0. The maximum atomic E-state index is 11.5. The highest BCUT2D eigenvalue weighted by atomic mass is 32.2. The van der Waals surface area contributed by atoms with E-state index in [-0.39, 0.29) is 21.3 Å². The zero-order valence-electron chi connectivity index (χ0n) is 13.6. The first-order valence-electron chi connectivity index (χ1n) is 6.74. The van der Waals surface area contributed by atoms with Crippen molar-refractivity contribution < 1.29 is 21.6 Å². The maximum Gasteiger partial charge on any atom is 0.264 e. The molecule has 14 nitrogen and oxygen atoms in total. The fourth-order valence-electron chi connectivity index (χ4n) is 1.69. The third-order valence-corrected chi connectivity index (χ3v) is 5.08. The van der Waals surface area contributed by atoms with Crippen LogP contribution in [-0.2, 0) is 20.0 Å². The molecule has 0 fully saturated rings. The standard InChI is InChI=1S/C12H8N6O5S2.H2N3/c13-15-17-24(19,20)11-5-1-9(2-6-11)23-10-3-7-12(8-4-10)25(21,22)18-16-14;1-3-2/h1-8H;1-2H/q;+1. The molecule has 0 atom stereocenters. The van der Waals surface area contributed by atoms with Gasteiger partial charge in [0.1, 0.15) is 22.6 Å². The Morgan fingerprint density at radius 3 is 1.25 bits per heavy atom. The number of hydrogen-bond donors (Lipinski definition) is 2. The van der Waals surface area contributed by atoms with Gasteiger partial charge in [0.2, 0.25) is 4.91 Å². The highest BCUT2D eigenvalue weighted by Crippen LogP contribution is 2.25. The van der Waals surface area contributed by atoms with Crippen LogP contribution in [0.2, 0.25) is 0 Å². The Labute approximate surface area is 157 Å². The molecular weight excluding hydrogens is 414 g/mol. The molecule has 2 aromatic carbocycles. The van der Waals surface area contributed by atoms with Crippen molar-refractivity contribution in [3.8, 4) is 11.5 Å². The number of azide groups is 2. The van der Waals surface area contributed by atoms with Gasteiger partial charge in [-0.1, -0.05) is 0 Å². The molecular formula is C12H10N9O5S2+. The van der Waals surface area contributed by atoms with E-state index in [1.807, 2.05) is 4.91 Å². The molecule has 16 heteroatoms. The Morgan fingerprint density at radius 1 is 0.714 bits per heavy atom. The molecule has 0 unspecified atom stereocenters. The summed E-state index contributed by atoms with van der Waals surface area (Å²) < 4.78 is 57.0. The fourth-order valence-corrected chi connectivity index (χ4v) is 3.03. The second-order valence-electron chi connectivity index (χ2n) is 4.45. The van der Waals surface area contributed by atoms with E-state index in [1.54, 1.807) is 0 Å². The quantitative estimate of drug-likeness (QED) is 0.400. The van der Waals surface area contributed by atoms with Gasteiger partial charge in [-0.05, 0) is 59.6 Å². The molecule has 0 heterocycles. The Kier molecular flexibility index (Phi) is 7.64. The first-order chi connectivity index (χ1) is 13.2. The van der Waals surface area contributed by atoms with Gasteiger partial charge in [0.15, 0.2) is 0 Å². The summed E-state index contributed by atoms with van der Waals surface area (Å²) in [7, 11) is -8.16. The Hall–Kier alpha value is -3.93. The third-order valence-electron chi connectivity index (χ3n) is 2.77. The highest BCUT2D eigenvalue weighted by molar-refractivity contribution is 7.90. The van der Waals surface area contributed by atoms with E-state index in [0.717, 1.165) is 0 Å². The van der Waals surface area contributed by atoms with E-state index in [0.29, 0.717) is 0 Å². The average Bonchev–Trinajstić information content (AvgIpc) is 2.63. The molecule has 0 saturated heterocycles. The van der Waals surface area contributed by atoms with Crippen LogP contribution in [0.1, 0.15) is 0 Å². The molecule has 0 aliphatic carbocycles. The number of sulfonamides is 2. The van der Waals surface area contributed by atoms with Crippen molar-refractivity contribution in [2.45, 2.75) is 9.79 Å². The van der Waals surface area contributed by atoms with Gasteiger partial charge in [0, 0.05) is 18.9 Å². The molecule has 0 aromatic heterocycles. The van der Waals surface area contributed by atoms with Crippen LogP contribution < -0.4 is 9.65 Å². The van der Waals surface area contributed by atoms with E-state index in [9.17, 15) is 16.8 Å². The van der Waals surface area contributed by atoms with Crippen LogP contribution in [0.25, 0.3) is 20.9 Å². The summed E-state index contributed by atoms with van der Waals surface area (Å²) >= 11 is 0. The molecule has 0 amide bonds. The third kappa shape index (κ3) is 6.10. The molecule has 144 valence electrons. The van der Waals surface area contributed by atoms with Crippen molar-refractivity contribution in [3.63, 3.8) is 0 Å². The monoisotopic (exact) mass is 424 g/mol. The Morgan fingerprint density at radius 2 is 1.00 bits per heavy atom. The molecule has 0 saturated carbocycles. The van der Waals surface area contributed by atoms with Crippen LogP contribution in [0.3, 0.4) is 0 Å². The average molecular weight is 424 g/mol. The number of nitrogens with one attached hydrogen (secondary N) is 2. The number of ether oxygens (including phenoxy) is 1. The zero-order valence-corrected chi connectivity index (χ0v) is 15.2. The van der Waals surface area contributed by atoms with E-state index in [2.05, 4.69) is 18.9 Å². The summed E-state index contributed by atoms with van der Waals surface area (Å²) in [5.41, 5.74) is 27.4. The highest BCUT2D eigenvalue weighted by Gasteiger charge is 2.13. The van der Waals surface area contributed by atoms with E-state index in [4.69, 9.17) is 26.9 Å². The van der Waals surface area contributed by atoms with Crippen LogP contribution in [0.4, 0.5) is 0 Å². The van der Waals surface area contributed by atoms with Gasteiger partial charge in [0.25, 0.3) is 20.0 Å². The minimum Gasteiger partial charge on any atom is -0.457 e. The van der Waals surface area contributed by atoms with Crippen molar-refractivity contribution in [1.29, 1.82) is 11.1 Å². The van der Waals surface area contributed by atoms with E-state index in [1.165, 1.54) is 48.5 Å². The molecule has 0 spiro atoms. The Balaban J connectivity index is 0.00000122. The lowest BCUT2D eigenvalue weighted by Crippen LogP contribution is -1.96. The Bertz CT molecular complexity index is 1080. The molecule has 28 heavy (non-hydrogen) atoms. The first-order valence-corrected chi connectivity index (χ1v) is 9.62. The fraction of sp³-hybridized carbons (Fsp3) is 0. The second-order valence-corrected chi connectivity index (χ2v) is 7.62. The lowest BCUT2D eigenvalue weighted by atomic mass is 10.3. The number of hydrogen-bond acceptors (Lipinski definition) is 7. The van der Waals surface area contributed by atoms with Gasteiger partial charge in [0.05, 0.1) is 9.79 Å². The maximum absolute atomic E-state index is 11.5. The van der Waals surface area contributed by atoms with Crippen LogP contribution in [0, 0.1) is 11.1 Å². The summed E-state index contributed by atoms with van der Waals surface area (Å²) in [4.78, 5) is 6.08. The predicted octanol–water partition coefficient (Wildman–Crippen LogP) is 3.59. The van der Waals surface area contributed by atoms with Crippen LogP contribution >= 0.6 is 0 Å². The molecule has 0 radical (unpaired) electrons. The molecule has 2 N–H and O–H groups in total. The SMILES string of the molecule is N=[N+]=N.[N-]=[N+]=NS(=O)(=O)c1ccc(Oc2ccc(S(=O)(=O)N=[N+]=[N-])cc2)cc1. The van der Waals surface area contributed by atoms with Crippen LogP contribution in [0.15, 0.2) is 67.4 Å². The summed E-state index contributed by atoms with van der Waals surface area (Å²) in [6, 6.07) is 10.1. The zero-order chi connectivity index (χ0) is 21.2. The van der Waals surface area contributed by atoms with Gasteiger partial charge in [-0.2, -0.15) is 0 Å². The summed E-state index contributed by atoms with van der Waals surface area (Å²) in [6.45, 7) is 0. The van der Waals surface area contributed by atoms with Crippen LogP contribution in [0.5, 0.6) is 11.5 Å². The van der Waals surface area contributed by atoms with Gasteiger partial charge < -0.3 is 4.74 Å². The van der Waals surface area contributed by atoms with Crippen molar-refractivity contribution in [2.24, 2.45) is 9.04 Å². The van der Waals surface area contributed by atoms with E-state index >= 15 is 0 Å². The smallest absolute Gasteiger partial charge is 0.264 e. The topological polar surface area (TPSA) is 237 Å². The van der Waals surface area contributed by atoms with Crippen molar-refractivity contribution in [1.82, 2.24) is 4.91 Å². The van der Waals surface area contributed by atoms with Crippen molar-refractivity contribution in [2.75, 3.05) is 0 Å². The lowest BCUT2D eigenvalue weighted by Gasteiger charge is -2.07. The first kappa shape index (κ1) is 22.1. The number of rotatable bonds is 6. The summed E-state index contributed by atoms with van der Waals surface area (Å²) in [6.07, 6.45) is 0. The summed E-state index contributed by atoms with van der Waals surface area (Å²) in [5.74, 6) is 0.538. The van der Waals surface area contributed by atoms with E-state index < -0.39 is 20.0 Å². The molecule has 2 aromatic rings. The minimum atomic E-state index is -4.08. The molecule has 0 aliphatic heterocycles.